The lowest BCUT2D eigenvalue weighted by atomic mass is 10.0. The number of anilines is 2. The molecule has 0 aliphatic carbocycles. The summed E-state index contributed by atoms with van der Waals surface area (Å²) in [7, 11) is 0. The number of rotatable bonds is 3. The van der Waals surface area contributed by atoms with E-state index >= 15 is 0 Å². The smallest absolute Gasteiger partial charge is 0.222 e. The molecule has 4 N–H and O–H groups in total. The van der Waals surface area contributed by atoms with Crippen LogP contribution in [0.25, 0.3) is 34.1 Å². The van der Waals surface area contributed by atoms with Gasteiger partial charge in [0.25, 0.3) is 0 Å². The highest BCUT2D eigenvalue weighted by atomic mass is 35.5. The Balaban J connectivity index is 1.79. The zero-order valence-electron chi connectivity index (χ0n) is 14.7. The summed E-state index contributed by atoms with van der Waals surface area (Å²) in [5.74, 6) is 0.392. The molecular formula is C22H16Cl2N4. The Morgan fingerprint density at radius 2 is 1.54 bits per heavy atom. The Kier molecular flexibility index (Phi) is 4.90. The van der Waals surface area contributed by atoms with Crippen molar-refractivity contribution < 1.29 is 0 Å². The van der Waals surface area contributed by atoms with Gasteiger partial charge in [0.05, 0.1) is 15.7 Å². The van der Waals surface area contributed by atoms with Gasteiger partial charge in [0.2, 0.25) is 5.95 Å². The molecule has 0 atom stereocenters. The predicted molar refractivity (Wildman–Crippen MR) is 119 cm³/mol. The Morgan fingerprint density at radius 1 is 0.750 bits per heavy atom. The Bertz CT molecular complexity index is 1220. The maximum absolute atomic E-state index is 6.17. The first-order chi connectivity index (χ1) is 13.5. The molecule has 0 aliphatic rings. The SMILES string of the molecule is Nc1nc(N)c(-c2ccc(Cl)c(Cl)c2)c(C=Cc2ccc3ccccc3c2)n1. The molecule has 0 aliphatic heterocycles. The molecule has 0 spiro atoms. The van der Waals surface area contributed by atoms with Gasteiger partial charge in [-0.15, -0.1) is 0 Å². The second-order valence-electron chi connectivity index (χ2n) is 6.30. The van der Waals surface area contributed by atoms with Crippen LogP contribution in [0.4, 0.5) is 11.8 Å². The minimum Gasteiger partial charge on any atom is -0.383 e. The zero-order chi connectivity index (χ0) is 19.7. The number of nitrogens with two attached hydrogens (primary N) is 2. The fraction of sp³-hybridized carbons (Fsp3) is 0. The highest BCUT2D eigenvalue weighted by Crippen LogP contribution is 2.34. The summed E-state index contributed by atoms with van der Waals surface area (Å²) in [5, 5.41) is 3.25. The maximum atomic E-state index is 6.17. The monoisotopic (exact) mass is 406 g/mol. The number of benzene rings is 3. The standard InChI is InChI=1S/C22H16Cl2N4/c23-17-9-8-16(12-18(17)24)20-19(27-22(26)28-21(20)25)10-6-13-5-7-14-3-1-2-4-15(14)11-13/h1-12H,(H4,25,26,27,28). The van der Waals surface area contributed by atoms with Gasteiger partial charge in [-0.25, -0.2) is 4.98 Å². The van der Waals surface area contributed by atoms with Crippen molar-refractivity contribution >= 4 is 57.9 Å². The Labute approximate surface area is 172 Å². The number of aromatic nitrogens is 2. The van der Waals surface area contributed by atoms with Crippen LogP contribution in [0.2, 0.25) is 10.0 Å². The zero-order valence-corrected chi connectivity index (χ0v) is 16.2. The second kappa shape index (κ2) is 7.50. The van der Waals surface area contributed by atoms with Crippen LogP contribution in [0.3, 0.4) is 0 Å². The average Bonchev–Trinajstić information content (AvgIpc) is 2.68. The van der Waals surface area contributed by atoms with Crippen molar-refractivity contribution in [3.63, 3.8) is 0 Å². The number of hydrogen-bond donors (Lipinski definition) is 2. The van der Waals surface area contributed by atoms with Gasteiger partial charge < -0.3 is 11.5 Å². The molecule has 1 heterocycles. The van der Waals surface area contributed by atoms with E-state index in [4.69, 9.17) is 34.7 Å². The fourth-order valence-electron chi connectivity index (χ4n) is 3.07. The molecule has 0 radical (unpaired) electrons. The van der Waals surface area contributed by atoms with Gasteiger partial charge in [-0.2, -0.15) is 4.98 Å². The van der Waals surface area contributed by atoms with Crippen LogP contribution in [0.15, 0.2) is 60.7 Å². The molecule has 0 amide bonds. The molecule has 6 heteroatoms. The Hall–Kier alpha value is -3.08. The van der Waals surface area contributed by atoms with Gasteiger partial charge in [-0.05, 0) is 46.2 Å². The summed E-state index contributed by atoms with van der Waals surface area (Å²) in [5.41, 5.74) is 15.0. The van der Waals surface area contributed by atoms with Crippen LogP contribution in [0.5, 0.6) is 0 Å². The minimum absolute atomic E-state index is 0.111. The van der Waals surface area contributed by atoms with Crippen molar-refractivity contribution in [3.05, 3.63) is 82.0 Å². The first kappa shape index (κ1) is 18.3. The first-order valence-electron chi connectivity index (χ1n) is 8.56. The fourth-order valence-corrected chi connectivity index (χ4v) is 3.37. The lowest BCUT2D eigenvalue weighted by Gasteiger charge is -2.10. The summed E-state index contributed by atoms with van der Waals surface area (Å²) in [4.78, 5) is 8.46. The molecule has 4 aromatic rings. The Morgan fingerprint density at radius 3 is 2.32 bits per heavy atom. The van der Waals surface area contributed by atoms with Crippen molar-refractivity contribution in [2.24, 2.45) is 0 Å². The second-order valence-corrected chi connectivity index (χ2v) is 7.11. The van der Waals surface area contributed by atoms with Crippen LogP contribution in [0, 0.1) is 0 Å². The van der Waals surface area contributed by atoms with Crippen molar-refractivity contribution in [1.29, 1.82) is 0 Å². The number of nitrogen functional groups attached to an aromatic ring is 2. The average molecular weight is 407 g/mol. The number of halogens is 2. The lowest BCUT2D eigenvalue weighted by molar-refractivity contribution is 1.18. The van der Waals surface area contributed by atoms with Gasteiger partial charge in [0.15, 0.2) is 0 Å². The third-order valence-electron chi connectivity index (χ3n) is 4.40. The van der Waals surface area contributed by atoms with Crippen LogP contribution in [-0.4, -0.2) is 9.97 Å². The third-order valence-corrected chi connectivity index (χ3v) is 5.14. The normalized spacial score (nSPS) is 11.4. The van der Waals surface area contributed by atoms with E-state index in [-0.39, 0.29) is 11.8 Å². The van der Waals surface area contributed by atoms with E-state index in [1.54, 1.807) is 12.1 Å². The van der Waals surface area contributed by atoms with E-state index < -0.39 is 0 Å². The lowest BCUT2D eigenvalue weighted by Crippen LogP contribution is -2.04. The van der Waals surface area contributed by atoms with E-state index in [0.717, 1.165) is 16.5 Å². The quantitative estimate of drug-likeness (QED) is 0.441. The van der Waals surface area contributed by atoms with Crippen LogP contribution >= 0.6 is 23.2 Å². The molecule has 0 saturated heterocycles. The molecule has 1 aromatic heterocycles. The van der Waals surface area contributed by atoms with Crippen LogP contribution < -0.4 is 11.5 Å². The predicted octanol–water partition coefficient (Wildman–Crippen LogP) is 5.94. The van der Waals surface area contributed by atoms with Gasteiger partial charge >= 0.3 is 0 Å². The van der Waals surface area contributed by atoms with Crippen molar-refractivity contribution in [1.82, 2.24) is 9.97 Å². The first-order valence-corrected chi connectivity index (χ1v) is 9.32. The molecule has 0 bridgehead atoms. The van der Waals surface area contributed by atoms with Gasteiger partial charge in [-0.3, -0.25) is 0 Å². The molecule has 4 rings (SSSR count). The van der Waals surface area contributed by atoms with Crippen molar-refractivity contribution in [2.75, 3.05) is 11.5 Å². The molecule has 138 valence electrons. The van der Waals surface area contributed by atoms with E-state index in [1.165, 1.54) is 5.39 Å². The highest BCUT2D eigenvalue weighted by Gasteiger charge is 2.13. The topological polar surface area (TPSA) is 77.8 Å². The van der Waals surface area contributed by atoms with E-state index in [9.17, 15) is 0 Å². The number of fused-ring (bicyclic) bond motifs is 1. The van der Waals surface area contributed by atoms with Crippen molar-refractivity contribution in [3.8, 4) is 11.1 Å². The van der Waals surface area contributed by atoms with Gasteiger partial charge in [0.1, 0.15) is 5.82 Å². The minimum atomic E-state index is 0.111. The van der Waals surface area contributed by atoms with E-state index in [1.807, 2.05) is 36.4 Å². The molecule has 28 heavy (non-hydrogen) atoms. The molecule has 3 aromatic carbocycles. The third kappa shape index (κ3) is 3.65. The summed E-state index contributed by atoms with van der Waals surface area (Å²) < 4.78 is 0. The maximum Gasteiger partial charge on any atom is 0.222 e. The molecule has 0 saturated carbocycles. The van der Waals surface area contributed by atoms with Gasteiger partial charge in [0, 0.05) is 5.56 Å². The molecule has 4 nitrogen and oxygen atoms in total. The number of nitrogens with zero attached hydrogens (tertiary/aromatic N) is 2. The summed E-state index contributed by atoms with van der Waals surface area (Å²) in [6.45, 7) is 0. The summed E-state index contributed by atoms with van der Waals surface area (Å²) >= 11 is 12.2. The largest absolute Gasteiger partial charge is 0.383 e. The highest BCUT2D eigenvalue weighted by molar-refractivity contribution is 6.42. The summed E-state index contributed by atoms with van der Waals surface area (Å²) in [6, 6.07) is 19.7. The molecule has 0 unspecified atom stereocenters. The molecule has 0 fully saturated rings. The van der Waals surface area contributed by atoms with E-state index in [2.05, 4.69) is 34.2 Å². The van der Waals surface area contributed by atoms with Crippen LogP contribution in [0.1, 0.15) is 11.3 Å². The van der Waals surface area contributed by atoms with Crippen LogP contribution in [-0.2, 0) is 0 Å². The van der Waals surface area contributed by atoms with Gasteiger partial charge in [-0.1, -0.05) is 71.7 Å². The molecular weight excluding hydrogens is 391 g/mol. The van der Waals surface area contributed by atoms with Crippen molar-refractivity contribution in [2.45, 2.75) is 0 Å². The van der Waals surface area contributed by atoms with E-state index in [0.29, 0.717) is 21.3 Å². The number of hydrogen-bond acceptors (Lipinski definition) is 4. The summed E-state index contributed by atoms with van der Waals surface area (Å²) in [6.07, 6.45) is 3.84.